The topological polar surface area (TPSA) is 42.9 Å². The van der Waals surface area contributed by atoms with Crippen LogP contribution in [0.3, 0.4) is 0 Å². The summed E-state index contributed by atoms with van der Waals surface area (Å²) in [7, 11) is 0. The van der Waals surface area contributed by atoms with Gasteiger partial charge in [0.05, 0.1) is 17.5 Å². The molecule has 6 heteroatoms. The summed E-state index contributed by atoms with van der Waals surface area (Å²) < 4.78 is 36.2. The molecule has 0 aromatic carbocycles. The molecule has 0 saturated heterocycles. The Morgan fingerprint density at radius 3 is 2.69 bits per heavy atom. The lowest BCUT2D eigenvalue weighted by Gasteiger charge is -2.05. The van der Waals surface area contributed by atoms with Gasteiger partial charge in [0, 0.05) is 6.42 Å². The quantitative estimate of drug-likeness (QED) is 0.659. The minimum Gasteiger partial charge on any atom is -0.303 e. The van der Waals surface area contributed by atoms with Crippen molar-refractivity contribution in [2.45, 2.75) is 12.6 Å². The Morgan fingerprint density at radius 1 is 1.46 bits per heavy atom. The van der Waals surface area contributed by atoms with E-state index in [-0.39, 0.29) is 12.1 Å². The molecule has 0 bridgehead atoms. The highest BCUT2D eigenvalue weighted by Gasteiger charge is 2.31. The van der Waals surface area contributed by atoms with Gasteiger partial charge in [0.1, 0.15) is 6.29 Å². The van der Waals surface area contributed by atoms with Crippen molar-refractivity contribution in [1.29, 1.82) is 0 Å². The van der Waals surface area contributed by atoms with Crippen molar-refractivity contribution in [3.05, 3.63) is 23.5 Å². The summed E-state index contributed by atoms with van der Waals surface area (Å²) in [5.74, 6) is 0. The normalized spacial score (nSPS) is 11.3. The van der Waals surface area contributed by atoms with Gasteiger partial charge in [-0.25, -0.2) is 0 Å². The molecule has 0 fully saturated rings. The lowest BCUT2D eigenvalue weighted by molar-refractivity contribution is -0.138. The van der Waals surface area contributed by atoms with Gasteiger partial charge in [0.2, 0.25) is 0 Å². The van der Waals surface area contributed by atoms with Gasteiger partial charge in [-0.05, 0) is 6.07 Å². The van der Waals surface area contributed by atoms with E-state index in [0.29, 0.717) is 12.5 Å². The Morgan fingerprint density at radius 2 is 2.15 bits per heavy atom. The molecule has 0 spiro atoms. The molecule has 1 heterocycles. The number of nitrogens with zero attached hydrogens (tertiary/aromatic N) is 2. The Hall–Kier alpha value is -1.46. The second-order valence-electron chi connectivity index (χ2n) is 2.30. The monoisotopic (exact) mass is 190 g/mol. The lowest BCUT2D eigenvalue weighted by Crippen LogP contribution is -2.07. The summed E-state index contributed by atoms with van der Waals surface area (Å²) in [5, 5.41) is 6.50. The third kappa shape index (κ3) is 2.50. The molecule has 0 saturated carbocycles. The fourth-order valence-electron chi connectivity index (χ4n) is 0.751. The van der Waals surface area contributed by atoms with E-state index in [9.17, 15) is 18.0 Å². The molecular formula is C7H5F3N2O. The predicted octanol–water partition coefficient (Wildman–Crippen LogP) is 1.24. The van der Waals surface area contributed by atoms with Crippen LogP contribution in [-0.4, -0.2) is 16.5 Å². The zero-order valence-electron chi connectivity index (χ0n) is 6.38. The number of aromatic nitrogens is 2. The van der Waals surface area contributed by atoms with Crippen molar-refractivity contribution in [2.24, 2.45) is 0 Å². The molecule has 0 N–H and O–H groups in total. The molecule has 1 aromatic rings. The predicted molar refractivity (Wildman–Crippen MR) is 36.8 cm³/mol. The van der Waals surface area contributed by atoms with E-state index in [0.717, 1.165) is 6.07 Å². The summed E-state index contributed by atoms with van der Waals surface area (Å²) in [6.45, 7) is 0. The third-order valence-corrected chi connectivity index (χ3v) is 1.32. The number of hydrogen-bond acceptors (Lipinski definition) is 3. The maximum atomic E-state index is 12.1. The number of alkyl halides is 3. The first-order chi connectivity index (χ1) is 6.04. The summed E-state index contributed by atoms with van der Waals surface area (Å²) >= 11 is 0. The number of carbonyl (C=O) groups excluding carboxylic acids is 1. The number of rotatable bonds is 2. The first-order valence-electron chi connectivity index (χ1n) is 3.36. The van der Waals surface area contributed by atoms with E-state index in [2.05, 4.69) is 10.2 Å². The fourth-order valence-corrected chi connectivity index (χ4v) is 0.751. The maximum absolute atomic E-state index is 12.1. The number of aldehydes is 1. The van der Waals surface area contributed by atoms with Gasteiger partial charge in [-0.3, -0.25) is 0 Å². The molecule has 0 aliphatic carbocycles. The number of halogens is 3. The third-order valence-electron chi connectivity index (χ3n) is 1.32. The number of carbonyl (C=O) groups is 1. The molecule has 1 rings (SSSR count). The van der Waals surface area contributed by atoms with Crippen LogP contribution in [0.15, 0.2) is 12.3 Å². The molecule has 0 radical (unpaired) electrons. The molecular weight excluding hydrogens is 185 g/mol. The van der Waals surface area contributed by atoms with Gasteiger partial charge in [0.15, 0.2) is 0 Å². The second kappa shape index (κ2) is 3.51. The highest BCUT2D eigenvalue weighted by atomic mass is 19.4. The van der Waals surface area contributed by atoms with Gasteiger partial charge < -0.3 is 4.79 Å². The van der Waals surface area contributed by atoms with Crippen LogP contribution in [0.25, 0.3) is 0 Å². The van der Waals surface area contributed by atoms with Crippen LogP contribution in [0, 0.1) is 0 Å². The van der Waals surface area contributed by atoms with Crippen LogP contribution in [0.4, 0.5) is 13.2 Å². The molecule has 0 aliphatic heterocycles. The molecule has 13 heavy (non-hydrogen) atoms. The van der Waals surface area contributed by atoms with Crippen molar-refractivity contribution >= 4 is 6.29 Å². The van der Waals surface area contributed by atoms with Crippen LogP contribution < -0.4 is 0 Å². The van der Waals surface area contributed by atoms with E-state index in [1.165, 1.54) is 0 Å². The van der Waals surface area contributed by atoms with Gasteiger partial charge in [-0.15, -0.1) is 0 Å². The molecule has 0 unspecified atom stereocenters. The molecule has 3 nitrogen and oxygen atoms in total. The van der Waals surface area contributed by atoms with Gasteiger partial charge in [0.25, 0.3) is 0 Å². The smallest absolute Gasteiger partial charge is 0.303 e. The Balaban J connectivity index is 2.98. The van der Waals surface area contributed by atoms with Crippen LogP contribution in [0.5, 0.6) is 0 Å². The second-order valence-corrected chi connectivity index (χ2v) is 2.30. The summed E-state index contributed by atoms with van der Waals surface area (Å²) in [6, 6.07) is 0.807. The van der Waals surface area contributed by atoms with Crippen LogP contribution in [0.1, 0.15) is 11.3 Å². The first-order valence-corrected chi connectivity index (χ1v) is 3.36. The van der Waals surface area contributed by atoms with Crippen molar-refractivity contribution in [3.8, 4) is 0 Å². The highest BCUT2D eigenvalue weighted by molar-refractivity contribution is 5.53. The molecule has 0 atom stereocenters. The van der Waals surface area contributed by atoms with Gasteiger partial charge in [-0.1, -0.05) is 0 Å². The largest absolute Gasteiger partial charge is 0.418 e. The van der Waals surface area contributed by atoms with Gasteiger partial charge >= 0.3 is 6.18 Å². The fraction of sp³-hybridized carbons (Fsp3) is 0.286. The molecule has 0 amide bonds. The van der Waals surface area contributed by atoms with Crippen molar-refractivity contribution in [1.82, 2.24) is 10.2 Å². The molecule has 1 aromatic heterocycles. The average Bonchev–Trinajstić information content (AvgIpc) is 2.04. The first kappa shape index (κ1) is 9.63. The van der Waals surface area contributed by atoms with E-state index in [4.69, 9.17) is 0 Å². The summed E-state index contributed by atoms with van der Waals surface area (Å²) in [5.41, 5.74) is -0.871. The maximum Gasteiger partial charge on any atom is 0.418 e. The Labute approximate surface area is 71.6 Å². The van der Waals surface area contributed by atoms with E-state index < -0.39 is 11.7 Å². The van der Waals surface area contributed by atoms with Crippen molar-refractivity contribution in [3.63, 3.8) is 0 Å². The Bertz CT molecular complexity index is 311. The van der Waals surface area contributed by atoms with Crippen LogP contribution in [-0.2, 0) is 17.4 Å². The zero-order valence-corrected chi connectivity index (χ0v) is 6.38. The van der Waals surface area contributed by atoms with Gasteiger partial charge in [-0.2, -0.15) is 23.4 Å². The van der Waals surface area contributed by atoms with Crippen LogP contribution >= 0.6 is 0 Å². The van der Waals surface area contributed by atoms with E-state index in [1.807, 2.05) is 0 Å². The minimum absolute atomic E-state index is 0.0184. The molecule has 0 aliphatic rings. The zero-order chi connectivity index (χ0) is 9.90. The van der Waals surface area contributed by atoms with Crippen molar-refractivity contribution < 1.29 is 18.0 Å². The molecule has 70 valence electrons. The average molecular weight is 190 g/mol. The van der Waals surface area contributed by atoms with Crippen molar-refractivity contribution in [2.75, 3.05) is 0 Å². The van der Waals surface area contributed by atoms with E-state index in [1.54, 1.807) is 0 Å². The number of hydrogen-bond donors (Lipinski definition) is 0. The minimum atomic E-state index is -4.44. The SMILES string of the molecule is O=CCc1cc(C(F)(F)F)cnn1. The summed E-state index contributed by atoms with van der Waals surface area (Å²) in [4.78, 5) is 9.99. The Kier molecular flexibility index (Phi) is 2.60. The van der Waals surface area contributed by atoms with E-state index >= 15 is 0 Å². The highest BCUT2D eigenvalue weighted by Crippen LogP contribution is 2.28. The lowest BCUT2D eigenvalue weighted by atomic mass is 10.2. The van der Waals surface area contributed by atoms with Crippen LogP contribution in [0.2, 0.25) is 0 Å². The summed E-state index contributed by atoms with van der Waals surface area (Å²) in [6.07, 6.45) is -3.50. The standard InChI is InChI=1S/C7H5F3N2O/c8-7(9,10)5-3-6(1-2-13)12-11-4-5/h2-4H,1H2.